The average Bonchev–Trinajstić information content (AvgIpc) is 2.69. The van der Waals surface area contributed by atoms with Gasteiger partial charge in [0.15, 0.2) is 0 Å². The average molecular weight is 249 g/mol. The lowest BCUT2D eigenvalue weighted by Gasteiger charge is -2.29. The van der Waals surface area contributed by atoms with E-state index in [9.17, 15) is 9.90 Å². The molecule has 1 saturated heterocycles. The van der Waals surface area contributed by atoms with Gasteiger partial charge in [-0.25, -0.2) is 0 Å². The van der Waals surface area contributed by atoms with Crippen molar-refractivity contribution in [1.29, 1.82) is 0 Å². The lowest BCUT2D eigenvalue weighted by molar-refractivity contribution is 0.100. The molecule has 1 aromatic carbocycles. The van der Waals surface area contributed by atoms with Crippen LogP contribution in [-0.2, 0) is 0 Å². The number of aliphatic hydroxyl groups excluding tert-OH is 1. The highest BCUT2D eigenvalue weighted by Gasteiger charge is 2.32. The lowest BCUT2D eigenvalue weighted by atomic mass is 10.0. The summed E-state index contributed by atoms with van der Waals surface area (Å²) in [6, 6.07) is 5.08. The fourth-order valence-electron chi connectivity index (χ4n) is 2.58. The maximum absolute atomic E-state index is 11.5. The molecule has 0 aromatic heterocycles. The van der Waals surface area contributed by atoms with Gasteiger partial charge in [-0.05, 0) is 30.5 Å². The Morgan fingerprint density at radius 3 is 2.89 bits per heavy atom. The Labute approximate surface area is 106 Å². The van der Waals surface area contributed by atoms with Crippen molar-refractivity contribution >= 4 is 17.3 Å². The number of carbonyl (C=O) groups is 1. The van der Waals surface area contributed by atoms with Crippen molar-refractivity contribution in [1.82, 2.24) is 0 Å². The Balaban J connectivity index is 2.43. The van der Waals surface area contributed by atoms with E-state index < -0.39 is 5.91 Å². The first kappa shape index (κ1) is 12.7. The van der Waals surface area contributed by atoms with Crippen molar-refractivity contribution in [2.24, 2.45) is 11.7 Å². The summed E-state index contributed by atoms with van der Waals surface area (Å²) in [5.41, 5.74) is 12.9. The largest absolute Gasteiger partial charge is 0.399 e. The van der Waals surface area contributed by atoms with Crippen LogP contribution in [0.2, 0.25) is 0 Å². The van der Waals surface area contributed by atoms with E-state index in [2.05, 4.69) is 6.92 Å². The summed E-state index contributed by atoms with van der Waals surface area (Å²) in [6.45, 7) is 2.96. The minimum absolute atomic E-state index is 0.0184. The molecule has 1 aliphatic heterocycles. The number of anilines is 2. The monoisotopic (exact) mass is 249 g/mol. The van der Waals surface area contributed by atoms with E-state index in [4.69, 9.17) is 11.5 Å². The van der Waals surface area contributed by atoms with Gasteiger partial charge in [0.1, 0.15) is 0 Å². The van der Waals surface area contributed by atoms with Gasteiger partial charge in [-0.3, -0.25) is 4.79 Å². The number of hydrogen-bond donors (Lipinski definition) is 3. The summed E-state index contributed by atoms with van der Waals surface area (Å²) in [5, 5.41) is 9.48. The molecule has 5 N–H and O–H groups in total. The summed E-state index contributed by atoms with van der Waals surface area (Å²) < 4.78 is 0. The second-order valence-electron chi connectivity index (χ2n) is 4.85. The predicted octanol–water partition coefficient (Wildman–Crippen LogP) is 0.575. The van der Waals surface area contributed by atoms with Crippen molar-refractivity contribution in [2.45, 2.75) is 19.4 Å². The third kappa shape index (κ3) is 2.13. The molecule has 1 fully saturated rings. The molecule has 2 rings (SSSR count). The van der Waals surface area contributed by atoms with Gasteiger partial charge in [0.2, 0.25) is 0 Å². The van der Waals surface area contributed by atoms with Gasteiger partial charge in [0, 0.05) is 12.2 Å². The zero-order valence-corrected chi connectivity index (χ0v) is 10.5. The fraction of sp³-hybridized carbons (Fsp3) is 0.462. The third-order valence-corrected chi connectivity index (χ3v) is 3.67. The molecule has 1 aromatic rings. The molecule has 1 amide bonds. The normalized spacial score (nSPS) is 23.3. The Morgan fingerprint density at radius 2 is 2.28 bits per heavy atom. The zero-order chi connectivity index (χ0) is 13.3. The van der Waals surface area contributed by atoms with Gasteiger partial charge in [-0.2, -0.15) is 0 Å². The Bertz CT molecular complexity index is 462. The minimum atomic E-state index is -0.471. The van der Waals surface area contributed by atoms with Crippen LogP contribution in [0.1, 0.15) is 23.7 Å². The predicted molar refractivity (Wildman–Crippen MR) is 71.4 cm³/mol. The molecule has 2 unspecified atom stereocenters. The summed E-state index contributed by atoms with van der Waals surface area (Å²) in [4.78, 5) is 13.5. The lowest BCUT2D eigenvalue weighted by Crippen LogP contribution is -2.36. The van der Waals surface area contributed by atoms with Crippen molar-refractivity contribution in [3.8, 4) is 0 Å². The smallest absolute Gasteiger partial charge is 0.250 e. The number of nitrogen functional groups attached to an aromatic ring is 1. The van der Waals surface area contributed by atoms with Crippen LogP contribution in [0.3, 0.4) is 0 Å². The van der Waals surface area contributed by atoms with Gasteiger partial charge in [0.25, 0.3) is 5.91 Å². The summed E-state index contributed by atoms with van der Waals surface area (Å²) >= 11 is 0. The van der Waals surface area contributed by atoms with E-state index in [-0.39, 0.29) is 12.6 Å². The van der Waals surface area contributed by atoms with Crippen molar-refractivity contribution in [2.75, 3.05) is 23.8 Å². The number of carbonyl (C=O) groups excluding carboxylic acids is 1. The number of nitrogens with zero attached hydrogens (tertiary/aromatic N) is 1. The molecular formula is C13H19N3O2. The number of rotatable bonds is 3. The maximum Gasteiger partial charge on any atom is 0.250 e. The molecular weight excluding hydrogens is 230 g/mol. The Kier molecular flexibility index (Phi) is 3.43. The molecule has 0 spiro atoms. The van der Waals surface area contributed by atoms with E-state index in [0.717, 1.165) is 18.7 Å². The topological polar surface area (TPSA) is 92.6 Å². The highest BCUT2D eigenvalue weighted by atomic mass is 16.3. The van der Waals surface area contributed by atoms with Crippen LogP contribution in [0.4, 0.5) is 11.4 Å². The summed E-state index contributed by atoms with van der Waals surface area (Å²) in [5.74, 6) is -0.0848. The minimum Gasteiger partial charge on any atom is -0.399 e. The van der Waals surface area contributed by atoms with Gasteiger partial charge in [-0.15, -0.1) is 0 Å². The molecule has 2 atom stereocenters. The van der Waals surface area contributed by atoms with Crippen molar-refractivity contribution < 1.29 is 9.90 Å². The van der Waals surface area contributed by atoms with Crippen molar-refractivity contribution in [3.05, 3.63) is 23.8 Å². The molecule has 0 aliphatic carbocycles. The van der Waals surface area contributed by atoms with Gasteiger partial charge >= 0.3 is 0 Å². The van der Waals surface area contributed by atoms with Gasteiger partial charge in [-0.1, -0.05) is 6.92 Å². The number of primary amides is 1. The third-order valence-electron chi connectivity index (χ3n) is 3.67. The highest BCUT2D eigenvalue weighted by Crippen LogP contribution is 2.32. The highest BCUT2D eigenvalue weighted by molar-refractivity contribution is 5.99. The van der Waals surface area contributed by atoms with E-state index in [1.165, 1.54) is 0 Å². The van der Waals surface area contributed by atoms with Crippen LogP contribution < -0.4 is 16.4 Å². The maximum atomic E-state index is 11.5. The molecule has 5 nitrogen and oxygen atoms in total. The first-order valence-corrected chi connectivity index (χ1v) is 6.11. The van der Waals surface area contributed by atoms with Crippen LogP contribution >= 0.6 is 0 Å². The Hall–Kier alpha value is -1.75. The first-order chi connectivity index (χ1) is 8.54. The number of amides is 1. The number of aliphatic hydroxyl groups is 1. The van der Waals surface area contributed by atoms with E-state index in [1.54, 1.807) is 18.2 Å². The molecule has 98 valence electrons. The summed E-state index contributed by atoms with van der Waals surface area (Å²) in [6.07, 6.45) is 0.984. The summed E-state index contributed by atoms with van der Waals surface area (Å²) in [7, 11) is 0. The van der Waals surface area contributed by atoms with Gasteiger partial charge < -0.3 is 21.5 Å². The standard InChI is InChI=1S/C13H19N3O2/c1-8-4-5-16(12(8)7-17)11-6-9(14)2-3-10(11)13(15)18/h2-3,6,8,12,17H,4-5,7,14H2,1H3,(H2,15,18). The number of nitrogens with two attached hydrogens (primary N) is 2. The molecule has 1 heterocycles. The Morgan fingerprint density at radius 1 is 1.56 bits per heavy atom. The van der Waals surface area contributed by atoms with E-state index >= 15 is 0 Å². The van der Waals surface area contributed by atoms with E-state index in [1.807, 2.05) is 4.90 Å². The number of benzene rings is 1. The SMILES string of the molecule is CC1CCN(c2cc(N)ccc2C(N)=O)C1CO. The zero-order valence-electron chi connectivity index (χ0n) is 10.5. The van der Waals surface area contributed by atoms with Crippen LogP contribution in [0.15, 0.2) is 18.2 Å². The van der Waals surface area contributed by atoms with Gasteiger partial charge in [0.05, 0.1) is 23.9 Å². The van der Waals surface area contributed by atoms with Crippen LogP contribution in [0.5, 0.6) is 0 Å². The second kappa shape index (κ2) is 4.86. The van der Waals surface area contributed by atoms with Crippen molar-refractivity contribution in [3.63, 3.8) is 0 Å². The fourth-order valence-corrected chi connectivity index (χ4v) is 2.58. The number of hydrogen-bond acceptors (Lipinski definition) is 4. The molecule has 5 heteroatoms. The first-order valence-electron chi connectivity index (χ1n) is 6.11. The molecule has 0 bridgehead atoms. The molecule has 0 radical (unpaired) electrons. The molecule has 0 saturated carbocycles. The van der Waals surface area contributed by atoms with Crippen LogP contribution in [0.25, 0.3) is 0 Å². The van der Waals surface area contributed by atoms with Crippen LogP contribution in [0, 0.1) is 5.92 Å². The second-order valence-corrected chi connectivity index (χ2v) is 4.85. The van der Waals surface area contributed by atoms with E-state index in [0.29, 0.717) is 17.2 Å². The molecule has 18 heavy (non-hydrogen) atoms. The van der Waals surface area contributed by atoms with Crippen LogP contribution in [-0.4, -0.2) is 30.2 Å². The quantitative estimate of drug-likeness (QED) is 0.683. The molecule has 1 aliphatic rings.